The molecule has 8 heteroatoms. The first-order valence-electron chi connectivity index (χ1n) is 8.09. The molecule has 0 N–H and O–H groups in total. The molecule has 1 aromatic heterocycles. The topological polar surface area (TPSA) is 77.7 Å². The van der Waals surface area contributed by atoms with E-state index >= 15 is 0 Å². The Kier molecular flexibility index (Phi) is 5.60. The van der Waals surface area contributed by atoms with E-state index in [9.17, 15) is 4.79 Å². The number of ether oxygens (including phenoxy) is 2. The predicted molar refractivity (Wildman–Crippen MR) is 93.6 cm³/mol. The first-order valence-corrected chi connectivity index (χ1v) is 9.07. The molecule has 25 heavy (non-hydrogen) atoms. The fourth-order valence-corrected chi connectivity index (χ4v) is 3.38. The molecule has 2 atom stereocenters. The monoisotopic (exact) mass is 363 g/mol. The van der Waals surface area contributed by atoms with Crippen LogP contribution in [-0.2, 0) is 9.53 Å². The second-order valence-corrected chi connectivity index (χ2v) is 6.87. The van der Waals surface area contributed by atoms with E-state index in [1.807, 2.05) is 43.0 Å². The van der Waals surface area contributed by atoms with Gasteiger partial charge in [-0.3, -0.25) is 4.79 Å². The van der Waals surface area contributed by atoms with E-state index in [4.69, 9.17) is 13.9 Å². The largest absolute Gasteiger partial charge is 0.497 e. The van der Waals surface area contributed by atoms with E-state index in [0.29, 0.717) is 24.2 Å². The van der Waals surface area contributed by atoms with Crippen LogP contribution < -0.4 is 4.74 Å². The van der Waals surface area contributed by atoms with Gasteiger partial charge in [-0.1, -0.05) is 11.8 Å². The van der Waals surface area contributed by atoms with Crippen LogP contribution in [0.1, 0.15) is 13.8 Å². The maximum atomic E-state index is 12.4. The number of nitrogens with zero attached hydrogens (tertiary/aromatic N) is 3. The molecule has 1 fully saturated rings. The van der Waals surface area contributed by atoms with Crippen LogP contribution in [0.15, 0.2) is 33.9 Å². The summed E-state index contributed by atoms with van der Waals surface area (Å²) in [6.07, 6.45) is 0.116. The van der Waals surface area contributed by atoms with Gasteiger partial charge < -0.3 is 18.8 Å². The number of benzene rings is 1. The van der Waals surface area contributed by atoms with E-state index in [2.05, 4.69) is 10.2 Å². The maximum absolute atomic E-state index is 12.4. The minimum absolute atomic E-state index is 0.0520. The van der Waals surface area contributed by atoms with Crippen molar-refractivity contribution in [3.63, 3.8) is 0 Å². The van der Waals surface area contributed by atoms with Crippen LogP contribution in [0.5, 0.6) is 5.75 Å². The first-order chi connectivity index (χ1) is 12.0. The van der Waals surface area contributed by atoms with Crippen molar-refractivity contribution in [2.24, 2.45) is 0 Å². The van der Waals surface area contributed by atoms with Gasteiger partial charge in [0, 0.05) is 18.7 Å². The summed E-state index contributed by atoms with van der Waals surface area (Å²) in [6, 6.07) is 7.36. The molecule has 134 valence electrons. The average Bonchev–Trinajstić information content (AvgIpc) is 3.08. The number of thioether (sulfide) groups is 1. The van der Waals surface area contributed by atoms with Crippen LogP contribution in [0.3, 0.4) is 0 Å². The summed E-state index contributed by atoms with van der Waals surface area (Å²) in [7, 11) is 1.61. The lowest BCUT2D eigenvalue weighted by molar-refractivity contribution is -0.140. The molecule has 7 nitrogen and oxygen atoms in total. The van der Waals surface area contributed by atoms with Gasteiger partial charge in [-0.25, -0.2) is 0 Å². The van der Waals surface area contributed by atoms with Crippen molar-refractivity contribution in [2.75, 3.05) is 26.0 Å². The molecule has 0 radical (unpaired) electrons. The summed E-state index contributed by atoms with van der Waals surface area (Å²) in [5.41, 5.74) is 0.808. The normalized spacial score (nSPS) is 20.5. The summed E-state index contributed by atoms with van der Waals surface area (Å²) < 4.78 is 16.4. The molecule has 0 spiro atoms. The van der Waals surface area contributed by atoms with Crippen LogP contribution >= 0.6 is 11.8 Å². The van der Waals surface area contributed by atoms with Crippen molar-refractivity contribution in [3.8, 4) is 17.2 Å². The number of carbonyl (C=O) groups is 1. The van der Waals surface area contributed by atoms with Crippen molar-refractivity contribution in [1.29, 1.82) is 0 Å². The van der Waals surface area contributed by atoms with Crippen LogP contribution in [-0.4, -0.2) is 59.2 Å². The zero-order chi connectivity index (χ0) is 17.8. The number of carbonyl (C=O) groups excluding carboxylic acids is 1. The van der Waals surface area contributed by atoms with Gasteiger partial charge in [0.05, 0.1) is 25.1 Å². The molecule has 1 saturated heterocycles. The fraction of sp³-hybridized carbons (Fsp3) is 0.471. The van der Waals surface area contributed by atoms with Crippen molar-refractivity contribution >= 4 is 17.7 Å². The third-order valence-corrected chi connectivity index (χ3v) is 4.64. The number of hydrogen-bond donors (Lipinski definition) is 0. The molecule has 0 bridgehead atoms. The number of morpholine rings is 1. The Morgan fingerprint density at radius 3 is 2.56 bits per heavy atom. The highest BCUT2D eigenvalue weighted by molar-refractivity contribution is 7.99. The van der Waals surface area contributed by atoms with Crippen molar-refractivity contribution in [2.45, 2.75) is 31.3 Å². The third-order valence-electron chi connectivity index (χ3n) is 3.83. The SMILES string of the molecule is COc1ccc(-c2nnc(SCC(=O)N3C[C@@H](C)O[C@H](C)C3)o2)cc1. The molecule has 0 unspecified atom stereocenters. The fourth-order valence-electron chi connectivity index (χ4n) is 2.71. The molecule has 1 aromatic carbocycles. The Hall–Kier alpha value is -2.06. The van der Waals surface area contributed by atoms with Crippen LogP contribution in [0, 0.1) is 0 Å². The lowest BCUT2D eigenvalue weighted by Crippen LogP contribution is -2.48. The highest BCUT2D eigenvalue weighted by Gasteiger charge is 2.26. The van der Waals surface area contributed by atoms with Gasteiger partial charge >= 0.3 is 0 Å². The molecule has 1 amide bonds. The van der Waals surface area contributed by atoms with Gasteiger partial charge in [0.15, 0.2) is 0 Å². The number of aromatic nitrogens is 2. The van der Waals surface area contributed by atoms with E-state index in [-0.39, 0.29) is 23.9 Å². The van der Waals surface area contributed by atoms with E-state index in [0.717, 1.165) is 11.3 Å². The van der Waals surface area contributed by atoms with Crippen LogP contribution in [0.2, 0.25) is 0 Å². The van der Waals surface area contributed by atoms with E-state index in [1.165, 1.54) is 11.8 Å². The highest BCUT2D eigenvalue weighted by atomic mass is 32.2. The van der Waals surface area contributed by atoms with Crippen molar-refractivity contribution in [3.05, 3.63) is 24.3 Å². The Morgan fingerprint density at radius 2 is 1.92 bits per heavy atom. The van der Waals surface area contributed by atoms with Gasteiger partial charge in [0.25, 0.3) is 5.22 Å². The Labute approximate surface area is 150 Å². The lowest BCUT2D eigenvalue weighted by atomic mass is 10.2. The zero-order valence-corrected chi connectivity index (χ0v) is 15.3. The summed E-state index contributed by atoms with van der Waals surface area (Å²) in [5.74, 6) is 1.50. The van der Waals surface area contributed by atoms with Crippen LogP contribution in [0.4, 0.5) is 0 Å². The van der Waals surface area contributed by atoms with Crippen LogP contribution in [0.25, 0.3) is 11.5 Å². The summed E-state index contributed by atoms with van der Waals surface area (Å²) >= 11 is 1.25. The Bertz CT molecular complexity index is 709. The number of methoxy groups -OCH3 is 1. The predicted octanol–water partition coefficient (Wildman–Crippen LogP) is 2.47. The molecule has 1 aliphatic heterocycles. The Balaban J connectivity index is 1.57. The first kappa shape index (κ1) is 17.8. The second-order valence-electron chi connectivity index (χ2n) is 5.95. The molecule has 0 saturated carbocycles. The molecular formula is C17H21N3O4S. The molecule has 0 aliphatic carbocycles. The smallest absolute Gasteiger partial charge is 0.277 e. The number of amides is 1. The summed E-state index contributed by atoms with van der Waals surface area (Å²) in [4.78, 5) is 14.2. The molecular weight excluding hydrogens is 342 g/mol. The number of rotatable bonds is 5. The van der Waals surface area contributed by atoms with Gasteiger partial charge in [-0.05, 0) is 38.1 Å². The molecule has 1 aliphatic rings. The van der Waals surface area contributed by atoms with Crippen molar-refractivity contribution in [1.82, 2.24) is 15.1 Å². The number of hydrogen-bond acceptors (Lipinski definition) is 7. The zero-order valence-electron chi connectivity index (χ0n) is 14.5. The quantitative estimate of drug-likeness (QED) is 0.755. The summed E-state index contributed by atoms with van der Waals surface area (Å²) in [5, 5.41) is 8.42. The standard InChI is InChI=1S/C17H21N3O4S/c1-11-8-20(9-12(2)23-11)15(21)10-25-17-19-18-16(24-17)13-4-6-14(22-3)7-5-13/h4-7,11-12H,8-10H2,1-3H3/t11-,12-/m1/s1. The van der Waals surface area contributed by atoms with Gasteiger partial charge in [0.2, 0.25) is 11.8 Å². The minimum atomic E-state index is 0.0520. The minimum Gasteiger partial charge on any atom is -0.497 e. The average molecular weight is 363 g/mol. The third kappa shape index (κ3) is 4.52. The summed E-state index contributed by atoms with van der Waals surface area (Å²) in [6.45, 7) is 5.18. The molecule has 3 rings (SSSR count). The van der Waals surface area contributed by atoms with E-state index < -0.39 is 0 Å². The van der Waals surface area contributed by atoms with Gasteiger partial charge in [0.1, 0.15) is 5.75 Å². The molecule has 2 heterocycles. The Morgan fingerprint density at radius 1 is 1.24 bits per heavy atom. The maximum Gasteiger partial charge on any atom is 0.277 e. The van der Waals surface area contributed by atoms with Crippen molar-refractivity contribution < 1.29 is 18.7 Å². The molecule has 2 aromatic rings. The van der Waals surface area contributed by atoms with Gasteiger partial charge in [-0.2, -0.15) is 0 Å². The van der Waals surface area contributed by atoms with Gasteiger partial charge in [-0.15, -0.1) is 10.2 Å². The second kappa shape index (κ2) is 7.88. The highest BCUT2D eigenvalue weighted by Crippen LogP contribution is 2.25. The lowest BCUT2D eigenvalue weighted by Gasteiger charge is -2.35. The van der Waals surface area contributed by atoms with E-state index in [1.54, 1.807) is 7.11 Å².